The number of hydrogen-bond acceptors (Lipinski definition) is 4. The minimum Gasteiger partial charge on any atom is -0.368 e. The Bertz CT molecular complexity index is 512. The summed E-state index contributed by atoms with van der Waals surface area (Å²) in [6, 6.07) is 3.64. The molecular formula is C10H10ClN5. The lowest BCUT2D eigenvalue weighted by atomic mass is 10.3. The van der Waals surface area contributed by atoms with Gasteiger partial charge in [0.05, 0.1) is 5.69 Å². The quantitative estimate of drug-likeness (QED) is 0.806. The van der Waals surface area contributed by atoms with Crippen LogP contribution in [0, 0.1) is 0 Å². The van der Waals surface area contributed by atoms with Gasteiger partial charge in [-0.2, -0.15) is 10.1 Å². The second-order valence-electron chi connectivity index (χ2n) is 3.87. The van der Waals surface area contributed by atoms with Crippen LogP contribution in [0.15, 0.2) is 18.3 Å². The molecule has 0 atom stereocenters. The summed E-state index contributed by atoms with van der Waals surface area (Å²) in [7, 11) is 0. The standard InChI is InChI=1S/C10H10ClN5/c11-8-5-9(14-10(12)13-8)16-4-3-7(15-16)6-1-2-6/h3-6H,1-2H2,(H2,12,13,14). The number of nitrogens with two attached hydrogens (primary N) is 1. The molecule has 1 aliphatic carbocycles. The summed E-state index contributed by atoms with van der Waals surface area (Å²) in [6.45, 7) is 0. The molecule has 1 aliphatic rings. The van der Waals surface area contributed by atoms with Gasteiger partial charge >= 0.3 is 0 Å². The average molecular weight is 236 g/mol. The Labute approximate surface area is 97.3 Å². The smallest absolute Gasteiger partial charge is 0.223 e. The van der Waals surface area contributed by atoms with Crippen LogP contribution in [0.25, 0.3) is 5.82 Å². The number of aromatic nitrogens is 4. The molecule has 0 unspecified atom stereocenters. The van der Waals surface area contributed by atoms with Gasteiger partial charge < -0.3 is 5.73 Å². The number of nitrogens with zero attached hydrogens (tertiary/aromatic N) is 4. The van der Waals surface area contributed by atoms with Crippen LogP contribution >= 0.6 is 11.6 Å². The van der Waals surface area contributed by atoms with Crippen molar-refractivity contribution < 1.29 is 0 Å². The summed E-state index contributed by atoms with van der Waals surface area (Å²) in [6.07, 6.45) is 4.32. The van der Waals surface area contributed by atoms with Gasteiger partial charge in [-0.25, -0.2) is 9.67 Å². The minimum atomic E-state index is 0.158. The van der Waals surface area contributed by atoms with Gasteiger partial charge in [0.15, 0.2) is 5.82 Å². The van der Waals surface area contributed by atoms with Crippen LogP contribution in [0.2, 0.25) is 5.15 Å². The fraction of sp³-hybridized carbons (Fsp3) is 0.300. The highest BCUT2D eigenvalue weighted by Gasteiger charge is 2.26. The molecule has 3 rings (SSSR count). The van der Waals surface area contributed by atoms with E-state index in [0.29, 0.717) is 16.9 Å². The molecule has 1 saturated carbocycles. The largest absolute Gasteiger partial charge is 0.368 e. The minimum absolute atomic E-state index is 0.158. The molecule has 5 nitrogen and oxygen atoms in total. The molecule has 0 aromatic carbocycles. The predicted octanol–water partition coefficient (Wildman–Crippen LogP) is 1.78. The maximum absolute atomic E-state index is 5.81. The van der Waals surface area contributed by atoms with E-state index in [1.165, 1.54) is 12.8 Å². The first kappa shape index (κ1) is 9.59. The van der Waals surface area contributed by atoms with Gasteiger partial charge in [-0.3, -0.25) is 0 Å². The molecule has 0 amide bonds. The topological polar surface area (TPSA) is 69.6 Å². The van der Waals surface area contributed by atoms with Gasteiger partial charge in [0.25, 0.3) is 0 Å². The van der Waals surface area contributed by atoms with Crippen molar-refractivity contribution in [1.82, 2.24) is 19.7 Å². The van der Waals surface area contributed by atoms with Crippen LogP contribution < -0.4 is 5.73 Å². The van der Waals surface area contributed by atoms with Crippen molar-refractivity contribution in [2.45, 2.75) is 18.8 Å². The van der Waals surface area contributed by atoms with Gasteiger partial charge in [0, 0.05) is 18.2 Å². The summed E-state index contributed by atoms with van der Waals surface area (Å²) in [5, 5.41) is 4.76. The molecule has 2 aromatic heterocycles. The van der Waals surface area contributed by atoms with Gasteiger partial charge in [0.1, 0.15) is 5.15 Å². The molecule has 0 spiro atoms. The monoisotopic (exact) mass is 235 g/mol. The number of anilines is 1. The fourth-order valence-corrected chi connectivity index (χ4v) is 1.79. The third-order valence-electron chi connectivity index (χ3n) is 2.54. The first-order valence-electron chi connectivity index (χ1n) is 5.08. The van der Waals surface area contributed by atoms with E-state index in [1.807, 2.05) is 12.3 Å². The van der Waals surface area contributed by atoms with Crippen molar-refractivity contribution in [3.05, 3.63) is 29.2 Å². The van der Waals surface area contributed by atoms with E-state index in [-0.39, 0.29) is 5.95 Å². The van der Waals surface area contributed by atoms with Crippen molar-refractivity contribution in [1.29, 1.82) is 0 Å². The zero-order chi connectivity index (χ0) is 11.1. The molecule has 0 aliphatic heterocycles. The molecule has 0 radical (unpaired) electrons. The van der Waals surface area contributed by atoms with Crippen molar-refractivity contribution in [3.63, 3.8) is 0 Å². The SMILES string of the molecule is Nc1nc(Cl)cc(-n2ccc(C3CC3)n2)n1. The van der Waals surface area contributed by atoms with Crippen LogP contribution in [0.3, 0.4) is 0 Å². The fourth-order valence-electron chi connectivity index (χ4n) is 1.60. The Kier molecular flexibility index (Phi) is 2.07. The van der Waals surface area contributed by atoms with E-state index in [0.717, 1.165) is 5.69 Å². The Morgan fingerprint density at radius 1 is 1.38 bits per heavy atom. The lowest BCUT2D eigenvalue weighted by molar-refractivity contribution is 0.810. The lowest BCUT2D eigenvalue weighted by Crippen LogP contribution is -2.03. The Hall–Kier alpha value is -1.62. The maximum atomic E-state index is 5.81. The summed E-state index contributed by atoms with van der Waals surface area (Å²) in [4.78, 5) is 7.89. The van der Waals surface area contributed by atoms with Crippen LogP contribution in [-0.2, 0) is 0 Å². The molecule has 1 fully saturated rings. The Morgan fingerprint density at radius 2 is 2.19 bits per heavy atom. The second-order valence-corrected chi connectivity index (χ2v) is 4.25. The molecule has 6 heteroatoms. The van der Waals surface area contributed by atoms with E-state index >= 15 is 0 Å². The normalized spacial score (nSPS) is 15.3. The van der Waals surface area contributed by atoms with E-state index in [4.69, 9.17) is 17.3 Å². The highest BCUT2D eigenvalue weighted by atomic mass is 35.5. The summed E-state index contributed by atoms with van der Waals surface area (Å²) in [5.74, 6) is 1.38. The van der Waals surface area contributed by atoms with Gasteiger partial charge in [-0.15, -0.1) is 0 Å². The zero-order valence-corrected chi connectivity index (χ0v) is 9.22. The van der Waals surface area contributed by atoms with Crippen molar-refractivity contribution in [2.75, 3.05) is 5.73 Å². The number of nitrogen functional groups attached to an aromatic ring is 1. The summed E-state index contributed by atoms with van der Waals surface area (Å²) >= 11 is 5.81. The molecule has 82 valence electrons. The zero-order valence-electron chi connectivity index (χ0n) is 8.47. The van der Waals surface area contributed by atoms with Gasteiger partial charge in [-0.05, 0) is 18.9 Å². The van der Waals surface area contributed by atoms with Crippen molar-refractivity contribution >= 4 is 17.5 Å². The first-order chi connectivity index (χ1) is 7.72. The molecule has 2 heterocycles. The van der Waals surface area contributed by atoms with Crippen LogP contribution in [0.5, 0.6) is 0 Å². The van der Waals surface area contributed by atoms with Crippen LogP contribution in [0.1, 0.15) is 24.5 Å². The Morgan fingerprint density at radius 3 is 2.88 bits per heavy atom. The average Bonchev–Trinajstić information content (AvgIpc) is 2.95. The molecular weight excluding hydrogens is 226 g/mol. The maximum Gasteiger partial charge on any atom is 0.223 e. The van der Waals surface area contributed by atoms with E-state index < -0.39 is 0 Å². The molecule has 0 saturated heterocycles. The van der Waals surface area contributed by atoms with E-state index in [9.17, 15) is 0 Å². The van der Waals surface area contributed by atoms with E-state index in [2.05, 4.69) is 15.1 Å². The number of hydrogen-bond donors (Lipinski definition) is 1. The highest BCUT2D eigenvalue weighted by Crippen LogP contribution is 2.38. The predicted molar refractivity (Wildman–Crippen MR) is 60.6 cm³/mol. The molecule has 16 heavy (non-hydrogen) atoms. The van der Waals surface area contributed by atoms with Crippen LogP contribution in [-0.4, -0.2) is 19.7 Å². The highest BCUT2D eigenvalue weighted by molar-refractivity contribution is 6.29. The first-order valence-corrected chi connectivity index (χ1v) is 5.46. The molecule has 2 N–H and O–H groups in total. The number of halogens is 1. The molecule has 2 aromatic rings. The summed E-state index contributed by atoms with van der Waals surface area (Å²) in [5.41, 5.74) is 6.63. The van der Waals surface area contributed by atoms with Gasteiger partial charge in [-0.1, -0.05) is 11.6 Å². The van der Waals surface area contributed by atoms with Crippen LogP contribution in [0.4, 0.5) is 5.95 Å². The lowest BCUT2D eigenvalue weighted by Gasteiger charge is -2.01. The van der Waals surface area contributed by atoms with E-state index in [1.54, 1.807) is 10.7 Å². The third kappa shape index (κ3) is 1.74. The van der Waals surface area contributed by atoms with Crippen molar-refractivity contribution in [2.24, 2.45) is 0 Å². The Balaban J connectivity index is 2.00. The summed E-state index contributed by atoms with van der Waals surface area (Å²) < 4.78 is 1.68. The molecule has 0 bridgehead atoms. The third-order valence-corrected chi connectivity index (χ3v) is 2.73. The number of rotatable bonds is 2. The second kappa shape index (κ2) is 3.45. The van der Waals surface area contributed by atoms with Gasteiger partial charge in [0.2, 0.25) is 5.95 Å². The van der Waals surface area contributed by atoms with Crippen molar-refractivity contribution in [3.8, 4) is 5.82 Å².